The molecule has 1 heterocycles. The summed E-state index contributed by atoms with van der Waals surface area (Å²) in [7, 11) is 1.57. The van der Waals surface area contributed by atoms with E-state index in [1.807, 2.05) is 20.8 Å². The average Bonchev–Trinajstić information content (AvgIpc) is 2.60. The number of unbranched alkanes of at least 4 members (excludes halogenated alkanes) is 1. The highest BCUT2D eigenvalue weighted by Crippen LogP contribution is 2.30. The van der Waals surface area contributed by atoms with Gasteiger partial charge in [0.25, 0.3) is 0 Å². The van der Waals surface area contributed by atoms with Gasteiger partial charge in [-0.25, -0.2) is 13.8 Å². The number of nitrogens with zero attached hydrogens (tertiary/aromatic N) is 1. The van der Waals surface area contributed by atoms with Crippen molar-refractivity contribution in [2.75, 3.05) is 7.11 Å². The Morgan fingerprint density at radius 1 is 1.30 bits per heavy atom. The highest BCUT2D eigenvalue weighted by atomic mass is 35.5. The average molecular weight is 404 g/mol. The fourth-order valence-corrected chi connectivity index (χ4v) is 2.46. The van der Waals surface area contributed by atoms with Crippen molar-refractivity contribution in [2.24, 2.45) is 5.92 Å². The van der Waals surface area contributed by atoms with Crippen LogP contribution in [0, 0.1) is 5.92 Å². The molecule has 0 aliphatic heterocycles. The van der Waals surface area contributed by atoms with Crippen molar-refractivity contribution >= 4 is 11.6 Å². The lowest BCUT2D eigenvalue weighted by Gasteiger charge is -2.19. The standard InChI is InChI=1S/C10H20F2.C6H6ClNO.C6H10/c1-4-6-7-10(11,12)8-9(3)5-2;1-9-6-3-2-5(7)4-8-6;1-2-6-4-3-5-6/h9H,4-8H2,1-3H3;2-4H,1H3;2H,3-5H2,1H3. The summed E-state index contributed by atoms with van der Waals surface area (Å²) in [6.07, 6.45) is 10.4. The summed E-state index contributed by atoms with van der Waals surface area (Å²) in [6.45, 7) is 7.91. The van der Waals surface area contributed by atoms with E-state index in [9.17, 15) is 8.78 Å². The summed E-state index contributed by atoms with van der Waals surface area (Å²) in [6, 6.07) is 3.44. The molecule has 2 rings (SSSR count). The molecule has 27 heavy (non-hydrogen) atoms. The molecule has 5 heteroatoms. The van der Waals surface area contributed by atoms with Gasteiger partial charge in [-0.15, -0.1) is 0 Å². The molecule has 0 spiro atoms. The van der Waals surface area contributed by atoms with Crippen molar-refractivity contribution in [1.29, 1.82) is 0 Å². The van der Waals surface area contributed by atoms with Crippen LogP contribution in [0.5, 0.6) is 5.88 Å². The summed E-state index contributed by atoms with van der Waals surface area (Å²) in [4.78, 5) is 3.84. The number of allylic oxidation sites excluding steroid dienone is 2. The fraction of sp³-hybridized carbons (Fsp3) is 0.682. The third-order valence-corrected chi connectivity index (χ3v) is 4.78. The first-order chi connectivity index (χ1) is 12.8. The van der Waals surface area contributed by atoms with Crippen LogP contribution in [0.15, 0.2) is 30.0 Å². The highest BCUT2D eigenvalue weighted by molar-refractivity contribution is 6.30. The fourth-order valence-electron chi connectivity index (χ4n) is 2.34. The molecule has 1 saturated carbocycles. The lowest BCUT2D eigenvalue weighted by Crippen LogP contribution is -2.19. The third kappa shape index (κ3) is 13.6. The van der Waals surface area contributed by atoms with Gasteiger partial charge in [0.05, 0.1) is 12.1 Å². The Morgan fingerprint density at radius 3 is 2.30 bits per heavy atom. The third-order valence-electron chi connectivity index (χ3n) is 4.55. The van der Waals surface area contributed by atoms with Crippen LogP contribution in [0.1, 0.15) is 79.1 Å². The topological polar surface area (TPSA) is 22.1 Å². The summed E-state index contributed by atoms with van der Waals surface area (Å²) in [5.74, 6) is -1.69. The van der Waals surface area contributed by atoms with Gasteiger partial charge in [-0.1, -0.05) is 56.9 Å². The summed E-state index contributed by atoms with van der Waals surface area (Å²) in [5.41, 5.74) is 1.65. The van der Waals surface area contributed by atoms with Gasteiger partial charge in [0.15, 0.2) is 0 Å². The minimum Gasteiger partial charge on any atom is -0.481 e. The summed E-state index contributed by atoms with van der Waals surface area (Å²) in [5, 5.41) is 0.621. The maximum absolute atomic E-state index is 13.0. The lowest BCUT2D eigenvalue weighted by molar-refractivity contribution is -0.0310. The van der Waals surface area contributed by atoms with E-state index < -0.39 is 5.92 Å². The molecule has 0 aromatic carbocycles. The van der Waals surface area contributed by atoms with Gasteiger partial charge in [0.1, 0.15) is 0 Å². The number of ether oxygens (including phenoxy) is 1. The minimum absolute atomic E-state index is 0.0590. The molecule has 1 unspecified atom stereocenters. The number of rotatable bonds is 7. The lowest BCUT2D eigenvalue weighted by atomic mass is 9.93. The Kier molecular flexibility index (Phi) is 14.2. The molecule has 1 atom stereocenters. The number of pyridine rings is 1. The van der Waals surface area contributed by atoms with Crippen molar-refractivity contribution in [3.8, 4) is 5.88 Å². The molecular formula is C22H36ClF2NO. The van der Waals surface area contributed by atoms with E-state index in [2.05, 4.69) is 18.0 Å². The van der Waals surface area contributed by atoms with E-state index >= 15 is 0 Å². The monoisotopic (exact) mass is 403 g/mol. The summed E-state index contributed by atoms with van der Waals surface area (Å²) < 4.78 is 30.9. The number of aromatic nitrogens is 1. The van der Waals surface area contributed by atoms with Crippen molar-refractivity contribution in [1.82, 2.24) is 4.98 Å². The Morgan fingerprint density at radius 2 is 1.96 bits per heavy atom. The quantitative estimate of drug-likeness (QED) is 0.429. The maximum Gasteiger partial charge on any atom is 0.248 e. The zero-order chi connectivity index (χ0) is 20.7. The SMILES string of the molecule is CC=C1CCC1.CCCCC(F)(F)CC(C)CC.COc1ccc(Cl)cn1. The molecule has 1 aliphatic carbocycles. The largest absolute Gasteiger partial charge is 0.481 e. The molecule has 2 nitrogen and oxygen atoms in total. The second-order valence-electron chi connectivity index (χ2n) is 7.00. The molecule has 156 valence electrons. The number of hydrogen-bond acceptors (Lipinski definition) is 2. The van der Waals surface area contributed by atoms with E-state index in [0.717, 1.165) is 12.8 Å². The molecule has 1 fully saturated rings. The number of methoxy groups -OCH3 is 1. The zero-order valence-electron chi connectivity index (χ0n) is 17.5. The Balaban J connectivity index is 0.000000395. The number of halogens is 3. The first kappa shape index (κ1) is 25.8. The normalized spacial score (nSPS) is 14.0. The molecule has 0 amide bonds. The predicted molar refractivity (Wildman–Crippen MR) is 112 cm³/mol. The highest BCUT2D eigenvalue weighted by Gasteiger charge is 2.29. The maximum atomic E-state index is 13.0. The molecule has 1 aromatic rings. The van der Waals surface area contributed by atoms with Crippen LogP contribution < -0.4 is 4.74 Å². The smallest absolute Gasteiger partial charge is 0.248 e. The van der Waals surface area contributed by atoms with Crippen molar-refractivity contribution in [3.63, 3.8) is 0 Å². The van der Waals surface area contributed by atoms with E-state index in [0.29, 0.717) is 17.3 Å². The van der Waals surface area contributed by atoms with E-state index in [1.165, 1.54) is 19.3 Å². The van der Waals surface area contributed by atoms with Gasteiger partial charge < -0.3 is 4.74 Å². The molecule has 1 aromatic heterocycles. The first-order valence-corrected chi connectivity index (χ1v) is 10.3. The van der Waals surface area contributed by atoms with E-state index in [4.69, 9.17) is 16.3 Å². The van der Waals surface area contributed by atoms with Gasteiger partial charge >= 0.3 is 0 Å². The Bertz CT molecular complexity index is 512. The second-order valence-corrected chi connectivity index (χ2v) is 7.43. The van der Waals surface area contributed by atoms with Crippen LogP contribution in [0.2, 0.25) is 5.02 Å². The second kappa shape index (κ2) is 14.8. The van der Waals surface area contributed by atoms with Crippen molar-refractivity contribution in [2.45, 2.75) is 85.0 Å². The summed E-state index contributed by atoms with van der Waals surface area (Å²) >= 11 is 5.55. The Labute approximate surface area is 169 Å². The zero-order valence-corrected chi connectivity index (χ0v) is 18.3. The molecular weight excluding hydrogens is 368 g/mol. The van der Waals surface area contributed by atoms with Crippen LogP contribution in [-0.2, 0) is 0 Å². The molecule has 1 aliphatic rings. The molecule has 0 saturated heterocycles. The Hall–Kier alpha value is -1.16. The van der Waals surface area contributed by atoms with Crippen LogP contribution in [0.4, 0.5) is 8.78 Å². The van der Waals surface area contributed by atoms with Crippen LogP contribution in [0.25, 0.3) is 0 Å². The van der Waals surface area contributed by atoms with Crippen LogP contribution >= 0.6 is 11.6 Å². The van der Waals surface area contributed by atoms with Gasteiger partial charge in [-0.3, -0.25) is 0 Å². The molecule has 0 radical (unpaired) electrons. The van der Waals surface area contributed by atoms with E-state index in [-0.39, 0.29) is 18.8 Å². The van der Waals surface area contributed by atoms with Gasteiger partial charge in [0.2, 0.25) is 11.8 Å². The minimum atomic E-state index is -2.43. The number of alkyl halides is 2. The molecule has 0 N–H and O–H groups in total. The van der Waals surface area contributed by atoms with Crippen LogP contribution in [0.3, 0.4) is 0 Å². The van der Waals surface area contributed by atoms with Gasteiger partial charge in [0, 0.05) is 25.1 Å². The van der Waals surface area contributed by atoms with Crippen molar-refractivity contribution < 1.29 is 13.5 Å². The first-order valence-electron chi connectivity index (χ1n) is 9.95. The van der Waals surface area contributed by atoms with Crippen LogP contribution in [-0.4, -0.2) is 18.0 Å². The van der Waals surface area contributed by atoms with E-state index in [1.54, 1.807) is 31.0 Å². The van der Waals surface area contributed by atoms with Crippen molar-refractivity contribution in [3.05, 3.63) is 35.0 Å². The predicted octanol–water partition coefficient (Wildman–Crippen LogP) is 8.11. The number of hydrogen-bond donors (Lipinski definition) is 0. The molecule has 0 bridgehead atoms. The van der Waals surface area contributed by atoms with Gasteiger partial charge in [-0.2, -0.15) is 0 Å². The van der Waals surface area contributed by atoms with Gasteiger partial charge in [-0.05, 0) is 44.6 Å².